The molecular weight excluding hydrogens is 399 g/mol. The summed E-state index contributed by atoms with van der Waals surface area (Å²) in [5.74, 6) is -2.17. The van der Waals surface area contributed by atoms with Gasteiger partial charge < -0.3 is 10.1 Å². The van der Waals surface area contributed by atoms with Gasteiger partial charge in [0.15, 0.2) is 6.61 Å². The van der Waals surface area contributed by atoms with Crippen molar-refractivity contribution in [3.8, 4) is 0 Å². The molecule has 0 radical (unpaired) electrons. The van der Waals surface area contributed by atoms with Crippen molar-refractivity contribution in [1.29, 1.82) is 0 Å². The topological polar surface area (TPSA) is 92.8 Å². The average molecular weight is 427 g/mol. The fraction of sp³-hybridized carbons (Fsp3) is 0.600. The second-order valence-corrected chi connectivity index (χ2v) is 9.49. The van der Waals surface area contributed by atoms with Crippen molar-refractivity contribution >= 4 is 21.9 Å². The fourth-order valence-corrected chi connectivity index (χ4v) is 5.41. The number of carbonyl (C=O) groups excluding carboxylic acids is 2. The van der Waals surface area contributed by atoms with Gasteiger partial charge in [-0.3, -0.25) is 4.79 Å². The van der Waals surface area contributed by atoms with E-state index < -0.39 is 39.2 Å². The Balaban J connectivity index is 1.63. The number of carbonyl (C=O) groups is 2. The Bertz CT molecular complexity index is 846. The number of nitrogens with zero attached hydrogens (tertiary/aromatic N) is 1. The van der Waals surface area contributed by atoms with E-state index in [1.807, 2.05) is 0 Å². The Morgan fingerprint density at radius 2 is 1.72 bits per heavy atom. The van der Waals surface area contributed by atoms with E-state index >= 15 is 0 Å². The predicted octanol–water partition coefficient (Wildman–Crippen LogP) is 2.61. The summed E-state index contributed by atoms with van der Waals surface area (Å²) in [5.41, 5.74) is -0.104. The molecule has 3 rings (SSSR count). The number of sulfonamides is 1. The van der Waals surface area contributed by atoms with Crippen LogP contribution in [0, 0.1) is 5.82 Å². The summed E-state index contributed by atoms with van der Waals surface area (Å²) in [6, 6.07) is 3.18. The van der Waals surface area contributed by atoms with E-state index in [9.17, 15) is 22.4 Å². The second-order valence-electron chi connectivity index (χ2n) is 7.59. The fourth-order valence-electron chi connectivity index (χ4n) is 3.80. The van der Waals surface area contributed by atoms with E-state index in [0.717, 1.165) is 69.6 Å². The number of hydrogen-bond donors (Lipinski definition) is 1. The number of amides is 1. The van der Waals surface area contributed by atoms with Crippen LogP contribution in [0.25, 0.3) is 0 Å². The summed E-state index contributed by atoms with van der Waals surface area (Å²) < 4.78 is 46.0. The first kappa shape index (κ1) is 21.7. The third kappa shape index (κ3) is 5.54. The molecule has 9 heteroatoms. The maximum absolute atomic E-state index is 14.2. The van der Waals surface area contributed by atoms with Crippen molar-refractivity contribution in [2.45, 2.75) is 62.3 Å². The molecule has 160 valence electrons. The van der Waals surface area contributed by atoms with Gasteiger partial charge >= 0.3 is 5.97 Å². The lowest BCUT2D eigenvalue weighted by atomic mass is 9.95. The standard InChI is InChI=1S/C20H27FN2O5S/c21-17-10-9-15(13-18(17)29(26,27)23-11-5-2-6-12-23)20(25)28-14-19(24)22-16-7-3-1-4-8-16/h9-10,13,16H,1-8,11-12,14H2,(H,22,24). The number of piperidine rings is 1. The molecule has 1 heterocycles. The molecule has 1 aliphatic heterocycles. The molecule has 1 amide bonds. The Morgan fingerprint density at radius 3 is 2.41 bits per heavy atom. The summed E-state index contributed by atoms with van der Waals surface area (Å²) in [7, 11) is -4.03. The van der Waals surface area contributed by atoms with Gasteiger partial charge in [0.25, 0.3) is 5.91 Å². The molecule has 0 unspecified atom stereocenters. The van der Waals surface area contributed by atoms with Crippen molar-refractivity contribution in [2.75, 3.05) is 19.7 Å². The quantitative estimate of drug-likeness (QED) is 0.706. The maximum atomic E-state index is 14.2. The number of hydrogen-bond acceptors (Lipinski definition) is 5. The summed E-state index contributed by atoms with van der Waals surface area (Å²) in [5, 5.41) is 2.83. The van der Waals surface area contributed by atoms with Crippen molar-refractivity contribution in [3.05, 3.63) is 29.6 Å². The van der Waals surface area contributed by atoms with E-state index in [1.165, 1.54) is 4.31 Å². The van der Waals surface area contributed by atoms with Crippen LogP contribution in [-0.2, 0) is 19.6 Å². The lowest BCUT2D eigenvalue weighted by molar-refractivity contribution is -0.125. The van der Waals surface area contributed by atoms with E-state index in [0.29, 0.717) is 13.1 Å². The summed E-state index contributed by atoms with van der Waals surface area (Å²) in [4.78, 5) is 23.7. The molecule has 1 aliphatic carbocycles. The molecule has 2 fully saturated rings. The van der Waals surface area contributed by atoms with Crippen LogP contribution >= 0.6 is 0 Å². The minimum atomic E-state index is -4.03. The van der Waals surface area contributed by atoms with Crippen LogP contribution < -0.4 is 5.32 Å². The average Bonchev–Trinajstić information content (AvgIpc) is 2.73. The molecule has 1 aromatic carbocycles. The van der Waals surface area contributed by atoms with Crippen LogP contribution in [0.3, 0.4) is 0 Å². The van der Waals surface area contributed by atoms with E-state index in [4.69, 9.17) is 4.74 Å². The van der Waals surface area contributed by atoms with E-state index in [1.54, 1.807) is 0 Å². The van der Waals surface area contributed by atoms with Gasteiger partial charge in [-0.05, 0) is 43.9 Å². The molecular formula is C20H27FN2O5S. The van der Waals surface area contributed by atoms with Gasteiger partial charge in [0, 0.05) is 19.1 Å². The first-order valence-corrected chi connectivity index (χ1v) is 11.6. The van der Waals surface area contributed by atoms with Crippen LogP contribution in [-0.4, -0.2) is 50.3 Å². The van der Waals surface area contributed by atoms with Crippen LogP contribution in [0.1, 0.15) is 61.7 Å². The molecule has 1 aromatic rings. The lowest BCUT2D eigenvalue weighted by Gasteiger charge is -2.26. The monoisotopic (exact) mass is 426 g/mol. The van der Waals surface area contributed by atoms with Crippen LogP contribution in [0.2, 0.25) is 0 Å². The number of esters is 1. The third-order valence-electron chi connectivity index (χ3n) is 5.40. The van der Waals surface area contributed by atoms with Gasteiger partial charge in [0.2, 0.25) is 10.0 Å². The van der Waals surface area contributed by atoms with Gasteiger partial charge in [0.1, 0.15) is 10.7 Å². The first-order chi connectivity index (χ1) is 13.9. The Hall–Kier alpha value is -2.00. The smallest absolute Gasteiger partial charge is 0.338 e. The number of ether oxygens (including phenoxy) is 1. The van der Waals surface area contributed by atoms with Crippen LogP contribution in [0.5, 0.6) is 0 Å². The molecule has 1 N–H and O–H groups in total. The zero-order valence-electron chi connectivity index (χ0n) is 16.4. The zero-order chi connectivity index (χ0) is 20.9. The van der Waals surface area contributed by atoms with E-state index in [-0.39, 0.29) is 11.6 Å². The van der Waals surface area contributed by atoms with Crippen molar-refractivity contribution in [2.24, 2.45) is 0 Å². The molecule has 0 bridgehead atoms. The third-order valence-corrected chi connectivity index (χ3v) is 7.32. The number of halogens is 1. The van der Waals surface area contributed by atoms with Crippen LogP contribution in [0.15, 0.2) is 23.1 Å². The predicted molar refractivity (Wildman–Crippen MR) is 104 cm³/mol. The van der Waals surface area contributed by atoms with Crippen molar-refractivity contribution < 1.29 is 27.1 Å². The SMILES string of the molecule is O=C(COC(=O)c1ccc(F)c(S(=O)(=O)N2CCCCC2)c1)NC1CCCCC1. The largest absolute Gasteiger partial charge is 0.452 e. The Kier molecular flexibility index (Phi) is 7.23. The highest BCUT2D eigenvalue weighted by Crippen LogP contribution is 2.24. The highest BCUT2D eigenvalue weighted by molar-refractivity contribution is 7.89. The molecule has 2 aliphatic rings. The summed E-state index contributed by atoms with van der Waals surface area (Å²) >= 11 is 0. The number of rotatable bonds is 6. The molecule has 7 nitrogen and oxygen atoms in total. The normalized spacial score (nSPS) is 18.9. The van der Waals surface area contributed by atoms with E-state index in [2.05, 4.69) is 5.32 Å². The Labute approximate surface area is 170 Å². The lowest BCUT2D eigenvalue weighted by Crippen LogP contribution is -2.38. The van der Waals surface area contributed by atoms with Gasteiger partial charge in [0.05, 0.1) is 5.56 Å². The molecule has 0 spiro atoms. The minimum Gasteiger partial charge on any atom is -0.452 e. The number of benzene rings is 1. The first-order valence-electron chi connectivity index (χ1n) is 10.1. The molecule has 0 aromatic heterocycles. The van der Waals surface area contributed by atoms with Crippen molar-refractivity contribution in [3.63, 3.8) is 0 Å². The van der Waals surface area contributed by atoms with Gasteiger partial charge in [-0.25, -0.2) is 17.6 Å². The summed E-state index contributed by atoms with van der Waals surface area (Å²) in [6.45, 7) is 0.205. The minimum absolute atomic E-state index is 0.0991. The van der Waals surface area contributed by atoms with Crippen LogP contribution in [0.4, 0.5) is 4.39 Å². The molecule has 1 saturated carbocycles. The molecule has 1 saturated heterocycles. The summed E-state index contributed by atoms with van der Waals surface area (Å²) in [6.07, 6.45) is 7.49. The Morgan fingerprint density at radius 1 is 1.07 bits per heavy atom. The zero-order valence-corrected chi connectivity index (χ0v) is 17.2. The second kappa shape index (κ2) is 9.67. The number of nitrogens with one attached hydrogen (secondary N) is 1. The van der Waals surface area contributed by atoms with Crippen molar-refractivity contribution in [1.82, 2.24) is 9.62 Å². The highest BCUT2D eigenvalue weighted by atomic mass is 32.2. The molecule has 29 heavy (non-hydrogen) atoms. The van der Waals surface area contributed by atoms with Gasteiger partial charge in [-0.15, -0.1) is 0 Å². The van der Waals surface area contributed by atoms with Gasteiger partial charge in [-0.1, -0.05) is 25.7 Å². The van der Waals surface area contributed by atoms with Gasteiger partial charge in [-0.2, -0.15) is 4.31 Å². The maximum Gasteiger partial charge on any atom is 0.338 e. The molecule has 0 atom stereocenters. The highest BCUT2D eigenvalue weighted by Gasteiger charge is 2.29.